The SMILES string of the molecule is CC[NH+]1CCC2(CC1)Oc1ccccc1[C@@H]1CC(c3ccccc3F)=NN12. The van der Waals surface area contributed by atoms with E-state index in [4.69, 9.17) is 9.84 Å². The summed E-state index contributed by atoms with van der Waals surface area (Å²) in [5.74, 6) is 0.758. The second kappa shape index (κ2) is 6.34. The molecular weight excluding hydrogens is 341 g/mol. The van der Waals surface area contributed by atoms with Gasteiger partial charge in [0.2, 0.25) is 5.72 Å². The van der Waals surface area contributed by atoms with Crippen molar-refractivity contribution in [2.24, 2.45) is 5.10 Å². The number of piperidine rings is 1. The Labute approximate surface area is 159 Å². The van der Waals surface area contributed by atoms with Gasteiger partial charge in [0.15, 0.2) is 0 Å². The van der Waals surface area contributed by atoms with Gasteiger partial charge in [-0.15, -0.1) is 0 Å². The molecule has 27 heavy (non-hydrogen) atoms. The topological polar surface area (TPSA) is 29.3 Å². The molecule has 1 spiro atoms. The van der Waals surface area contributed by atoms with Gasteiger partial charge >= 0.3 is 0 Å². The zero-order chi connectivity index (χ0) is 18.4. The number of ether oxygens (including phenoxy) is 1. The predicted molar refractivity (Wildman–Crippen MR) is 102 cm³/mol. The number of hydrogen-bond donors (Lipinski definition) is 1. The number of rotatable bonds is 2. The molecule has 1 N–H and O–H groups in total. The van der Waals surface area contributed by atoms with Crippen LogP contribution in [0, 0.1) is 5.82 Å². The molecule has 3 heterocycles. The molecular formula is C22H25FN3O+. The standard InChI is InChI=1S/C22H24FN3O/c1-2-25-13-11-22(12-14-25)26-20(17-8-4-6-10-21(17)27-22)15-19(24-26)16-7-3-5-9-18(16)23/h3-10,20H,2,11-15H2,1H3/p+1/t20-/m0/s1. The van der Waals surface area contributed by atoms with Crippen molar-refractivity contribution in [3.05, 3.63) is 65.5 Å². The number of benzene rings is 2. The number of hydrazone groups is 1. The number of fused-ring (bicyclic) bond motifs is 4. The van der Waals surface area contributed by atoms with E-state index >= 15 is 0 Å². The highest BCUT2D eigenvalue weighted by atomic mass is 19.1. The average molecular weight is 366 g/mol. The number of likely N-dealkylation sites (tertiary alicyclic amines) is 1. The van der Waals surface area contributed by atoms with Gasteiger partial charge in [0.1, 0.15) is 11.6 Å². The highest BCUT2D eigenvalue weighted by Crippen LogP contribution is 2.49. The largest absolute Gasteiger partial charge is 0.466 e. The maximum Gasteiger partial charge on any atom is 0.208 e. The third kappa shape index (κ3) is 2.64. The van der Waals surface area contributed by atoms with Crippen molar-refractivity contribution in [1.29, 1.82) is 0 Å². The molecule has 3 aliphatic heterocycles. The summed E-state index contributed by atoms with van der Waals surface area (Å²) in [6.45, 7) is 5.52. The van der Waals surface area contributed by atoms with E-state index in [1.807, 2.05) is 24.3 Å². The fraction of sp³-hybridized carbons (Fsp3) is 0.409. The van der Waals surface area contributed by atoms with Crippen LogP contribution in [0.15, 0.2) is 53.6 Å². The van der Waals surface area contributed by atoms with E-state index < -0.39 is 5.72 Å². The maximum absolute atomic E-state index is 14.4. The number of quaternary nitrogens is 1. The fourth-order valence-corrected chi connectivity index (χ4v) is 4.77. The summed E-state index contributed by atoms with van der Waals surface area (Å²) in [5, 5.41) is 7.10. The minimum atomic E-state index is -0.412. The average Bonchev–Trinajstić information content (AvgIpc) is 3.16. The Morgan fingerprint density at radius 3 is 2.67 bits per heavy atom. The molecule has 0 aliphatic carbocycles. The van der Waals surface area contributed by atoms with E-state index in [-0.39, 0.29) is 11.9 Å². The van der Waals surface area contributed by atoms with E-state index in [0.29, 0.717) is 12.0 Å². The van der Waals surface area contributed by atoms with E-state index in [2.05, 4.69) is 24.1 Å². The van der Waals surface area contributed by atoms with Gasteiger partial charge in [-0.05, 0) is 19.1 Å². The maximum atomic E-state index is 14.4. The molecule has 5 rings (SSSR count). The van der Waals surface area contributed by atoms with Crippen LogP contribution in [0.5, 0.6) is 5.75 Å². The summed E-state index contributed by atoms with van der Waals surface area (Å²) in [6, 6.07) is 15.3. The lowest BCUT2D eigenvalue weighted by atomic mass is 9.90. The first kappa shape index (κ1) is 16.8. The van der Waals surface area contributed by atoms with Crippen molar-refractivity contribution in [1.82, 2.24) is 5.01 Å². The minimum absolute atomic E-state index is 0.118. The molecule has 0 amide bonds. The van der Waals surface area contributed by atoms with Crippen molar-refractivity contribution in [2.75, 3.05) is 19.6 Å². The van der Waals surface area contributed by atoms with Crippen LogP contribution in [0.3, 0.4) is 0 Å². The molecule has 2 aromatic rings. The molecule has 5 heteroatoms. The molecule has 3 aliphatic rings. The fourth-order valence-electron chi connectivity index (χ4n) is 4.77. The summed E-state index contributed by atoms with van der Waals surface area (Å²) >= 11 is 0. The Bertz CT molecular complexity index is 889. The summed E-state index contributed by atoms with van der Waals surface area (Å²) < 4.78 is 21.0. The van der Waals surface area contributed by atoms with Crippen molar-refractivity contribution < 1.29 is 14.0 Å². The summed E-state index contributed by atoms with van der Waals surface area (Å²) in [7, 11) is 0. The van der Waals surface area contributed by atoms with Gasteiger partial charge in [0.05, 0.1) is 44.2 Å². The molecule has 0 bridgehead atoms. The van der Waals surface area contributed by atoms with Gasteiger partial charge in [-0.1, -0.05) is 36.4 Å². The van der Waals surface area contributed by atoms with Crippen molar-refractivity contribution in [3.63, 3.8) is 0 Å². The van der Waals surface area contributed by atoms with Gasteiger partial charge in [-0.2, -0.15) is 5.10 Å². The van der Waals surface area contributed by atoms with Crippen molar-refractivity contribution >= 4 is 5.71 Å². The first-order chi connectivity index (χ1) is 13.2. The first-order valence-corrected chi connectivity index (χ1v) is 9.93. The van der Waals surface area contributed by atoms with Crippen LogP contribution >= 0.6 is 0 Å². The lowest BCUT2D eigenvalue weighted by molar-refractivity contribution is -0.906. The number of nitrogens with one attached hydrogen (secondary N) is 1. The van der Waals surface area contributed by atoms with Crippen molar-refractivity contribution in [3.8, 4) is 5.75 Å². The Balaban J connectivity index is 1.57. The Morgan fingerprint density at radius 2 is 1.89 bits per heavy atom. The Morgan fingerprint density at radius 1 is 1.15 bits per heavy atom. The van der Waals surface area contributed by atoms with Crippen LogP contribution < -0.4 is 9.64 Å². The number of halogens is 1. The highest BCUT2D eigenvalue weighted by Gasteiger charge is 2.52. The smallest absolute Gasteiger partial charge is 0.208 e. The quantitative estimate of drug-likeness (QED) is 0.886. The summed E-state index contributed by atoms with van der Waals surface area (Å²) in [5.41, 5.74) is 2.17. The molecule has 0 unspecified atom stereocenters. The van der Waals surface area contributed by atoms with Gasteiger partial charge in [0.25, 0.3) is 0 Å². The van der Waals surface area contributed by atoms with Crippen LogP contribution in [-0.4, -0.2) is 36.1 Å². The molecule has 0 aromatic heterocycles. The molecule has 0 radical (unpaired) electrons. The number of para-hydroxylation sites is 1. The van der Waals surface area contributed by atoms with Gasteiger partial charge in [-0.3, -0.25) is 0 Å². The third-order valence-electron chi connectivity index (χ3n) is 6.33. The lowest BCUT2D eigenvalue weighted by Crippen LogP contribution is -3.13. The van der Waals surface area contributed by atoms with Gasteiger partial charge in [-0.25, -0.2) is 9.40 Å². The first-order valence-electron chi connectivity index (χ1n) is 9.93. The lowest BCUT2D eigenvalue weighted by Gasteiger charge is -2.50. The van der Waals surface area contributed by atoms with Crippen LogP contribution in [0.1, 0.15) is 43.4 Å². The second-order valence-electron chi connectivity index (χ2n) is 7.78. The summed E-state index contributed by atoms with van der Waals surface area (Å²) in [4.78, 5) is 1.61. The van der Waals surface area contributed by atoms with Crippen LogP contribution in [0.4, 0.5) is 4.39 Å². The number of nitrogens with zero attached hydrogens (tertiary/aromatic N) is 2. The molecule has 4 nitrogen and oxygen atoms in total. The van der Waals surface area contributed by atoms with Crippen LogP contribution in [-0.2, 0) is 0 Å². The number of hydrogen-bond acceptors (Lipinski definition) is 3. The molecule has 1 fully saturated rings. The molecule has 140 valence electrons. The van der Waals surface area contributed by atoms with E-state index in [1.54, 1.807) is 11.0 Å². The molecule has 0 saturated carbocycles. The zero-order valence-electron chi connectivity index (χ0n) is 15.6. The molecule has 1 atom stereocenters. The van der Waals surface area contributed by atoms with Crippen LogP contribution in [0.25, 0.3) is 0 Å². The van der Waals surface area contributed by atoms with E-state index in [1.165, 1.54) is 6.07 Å². The minimum Gasteiger partial charge on any atom is -0.466 e. The van der Waals surface area contributed by atoms with Crippen LogP contribution in [0.2, 0.25) is 0 Å². The van der Waals surface area contributed by atoms with E-state index in [9.17, 15) is 4.39 Å². The van der Waals surface area contributed by atoms with Gasteiger partial charge < -0.3 is 9.64 Å². The van der Waals surface area contributed by atoms with Gasteiger partial charge in [0, 0.05) is 17.5 Å². The Kier molecular flexibility index (Phi) is 3.93. The van der Waals surface area contributed by atoms with Crippen molar-refractivity contribution in [2.45, 2.75) is 38.0 Å². The Hall–Kier alpha value is -2.40. The molecule has 1 saturated heterocycles. The third-order valence-corrected chi connectivity index (χ3v) is 6.33. The monoisotopic (exact) mass is 366 g/mol. The highest BCUT2D eigenvalue weighted by molar-refractivity contribution is 6.02. The zero-order valence-corrected chi connectivity index (χ0v) is 15.6. The predicted octanol–water partition coefficient (Wildman–Crippen LogP) is 2.76. The van der Waals surface area contributed by atoms with E-state index in [0.717, 1.165) is 49.5 Å². The second-order valence-corrected chi connectivity index (χ2v) is 7.78. The normalized spacial score (nSPS) is 29.1. The molecule has 2 aromatic carbocycles. The summed E-state index contributed by atoms with van der Waals surface area (Å²) in [6.07, 6.45) is 2.59.